The molecule has 0 fully saturated rings. The summed E-state index contributed by atoms with van der Waals surface area (Å²) in [6.07, 6.45) is 3.54. The van der Waals surface area contributed by atoms with E-state index in [1.54, 1.807) is 12.4 Å². The van der Waals surface area contributed by atoms with Crippen LogP contribution in [0, 0.1) is 0 Å². The van der Waals surface area contributed by atoms with E-state index < -0.39 is 0 Å². The molecular weight excluding hydrogens is 236 g/mol. The van der Waals surface area contributed by atoms with Gasteiger partial charge in [0.1, 0.15) is 11.3 Å². The van der Waals surface area contributed by atoms with Gasteiger partial charge >= 0.3 is 0 Å². The van der Waals surface area contributed by atoms with Crippen LogP contribution < -0.4 is 0 Å². The van der Waals surface area contributed by atoms with Gasteiger partial charge < -0.3 is 4.84 Å². The fraction of sp³-hybridized carbons (Fsp3) is 0.250. The van der Waals surface area contributed by atoms with Crippen molar-refractivity contribution in [1.29, 1.82) is 0 Å². The molecule has 2 rings (SSSR count). The monoisotopic (exact) mass is 254 g/mol. The highest BCUT2D eigenvalue weighted by Crippen LogP contribution is 2.13. The van der Waals surface area contributed by atoms with Gasteiger partial charge in [-0.2, -0.15) is 0 Å². The first-order valence-electron chi connectivity index (χ1n) is 6.28. The molecule has 0 aliphatic heterocycles. The predicted octanol–water partition coefficient (Wildman–Crippen LogP) is 3.65. The second-order valence-electron chi connectivity index (χ2n) is 5.25. The van der Waals surface area contributed by atoms with E-state index in [-0.39, 0.29) is 5.60 Å². The molecule has 98 valence electrons. The van der Waals surface area contributed by atoms with Crippen molar-refractivity contribution in [3.05, 3.63) is 66.0 Å². The highest BCUT2D eigenvalue weighted by Gasteiger charge is 2.13. The van der Waals surface area contributed by atoms with E-state index in [4.69, 9.17) is 4.84 Å². The van der Waals surface area contributed by atoms with Crippen molar-refractivity contribution in [3.63, 3.8) is 0 Å². The van der Waals surface area contributed by atoms with Crippen LogP contribution in [-0.4, -0.2) is 16.3 Å². The van der Waals surface area contributed by atoms with Gasteiger partial charge in [-0.1, -0.05) is 35.5 Å². The fourth-order valence-corrected chi connectivity index (χ4v) is 1.55. The molecule has 1 aromatic carbocycles. The van der Waals surface area contributed by atoms with Crippen molar-refractivity contribution in [2.45, 2.75) is 26.4 Å². The third-order valence-electron chi connectivity index (χ3n) is 2.39. The number of aromatic nitrogens is 1. The normalized spacial score (nSPS) is 12.3. The molecule has 0 bridgehead atoms. The van der Waals surface area contributed by atoms with Gasteiger partial charge in [0, 0.05) is 23.5 Å². The highest BCUT2D eigenvalue weighted by atomic mass is 16.6. The summed E-state index contributed by atoms with van der Waals surface area (Å²) in [7, 11) is 0. The van der Waals surface area contributed by atoms with Crippen molar-refractivity contribution >= 4 is 5.71 Å². The molecule has 1 aromatic heterocycles. The zero-order valence-electron chi connectivity index (χ0n) is 11.5. The largest absolute Gasteiger partial charge is 0.390 e. The van der Waals surface area contributed by atoms with E-state index >= 15 is 0 Å². The molecule has 0 aliphatic rings. The predicted molar refractivity (Wildman–Crippen MR) is 77.2 cm³/mol. The van der Waals surface area contributed by atoms with E-state index in [1.165, 1.54) is 0 Å². The third kappa shape index (κ3) is 3.91. The van der Waals surface area contributed by atoms with Crippen molar-refractivity contribution < 1.29 is 4.84 Å². The van der Waals surface area contributed by atoms with Crippen LogP contribution in [0.25, 0.3) is 0 Å². The van der Waals surface area contributed by atoms with Crippen LogP contribution in [0.4, 0.5) is 0 Å². The molecule has 0 radical (unpaired) electrons. The van der Waals surface area contributed by atoms with Crippen molar-refractivity contribution in [3.8, 4) is 0 Å². The Balaban J connectivity index is 2.40. The van der Waals surface area contributed by atoms with Crippen LogP contribution in [0.1, 0.15) is 31.9 Å². The van der Waals surface area contributed by atoms with Crippen molar-refractivity contribution in [2.75, 3.05) is 0 Å². The maximum atomic E-state index is 5.56. The number of hydrogen-bond acceptors (Lipinski definition) is 3. The number of pyridine rings is 1. The lowest BCUT2D eigenvalue weighted by atomic mass is 10.0. The molecule has 3 nitrogen and oxygen atoms in total. The lowest BCUT2D eigenvalue weighted by Crippen LogP contribution is -2.17. The molecular formula is C16H18N2O. The van der Waals surface area contributed by atoms with Gasteiger partial charge in [0.25, 0.3) is 0 Å². The third-order valence-corrected chi connectivity index (χ3v) is 2.39. The molecule has 0 amide bonds. The summed E-state index contributed by atoms with van der Waals surface area (Å²) in [6, 6.07) is 13.8. The van der Waals surface area contributed by atoms with Crippen LogP contribution in [0.3, 0.4) is 0 Å². The van der Waals surface area contributed by atoms with Gasteiger partial charge in [0.2, 0.25) is 0 Å². The topological polar surface area (TPSA) is 34.5 Å². The summed E-state index contributed by atoms with van der Waals surface area (Å²) in [5, 5.41) is 4.31. The average molecular weight is 254 g/mol. The van der Waals surface area contributed by atoms with Crippen molar-refractivity contribution in [1.82, 2.24) is 4.98 Å². The Labute approximate surface area is 113 Å². The molecule has 1 heterocycles. The van der Waals surface area contributed by atoms with Gasteiger partial charge in [-0.3, -0.25) is 4.98 Å². The second kappa shape index (κ2) is 5.65. The minimum absolute atomic E-state index is 0.317. The molecule has 0 N–H and O–H groups in total. The number of hydrogen-bond donors (Lipinski definition) is 0. The van der Waals surface area contributed by atoms with E-state index in [0.29, 0.717) is 0 Å². The zero-order chi connectivity index (χ0) is 13.7. The molecule has 0 saturated carbocycles. The van der Waals surface area contributed by atoms with Crippen LogP contribution >= 0.6 is 0 Å². The Morgan fingerprint density at radius 1 is 1.00 bits per heavy atom. The number of nitrogens with zero attached hydrogens (tertiary/aromatic N) is 2. The maximum absolute atomic E-state index is 5.56. The van der Waals surface area contributed by atoms with E-state index in [2.05, 4.69) is 10.1 Å². The minimum Gasteiger partial charge on any atom is -0.390 e. The first-order chi connectivity index (χ1) is 9.06. The molecule has 0 aliphatic carbocycles. The quantitative estimate of drug-likeness (QED) is 0.619. The van der Waals surface area contributed by atoms with Crippen LogP contribution in [0.15, 0.2) is 60.0 Å². The summed E-state index contributed by atoms with van der Waals surface area (Å²) in [4.78, 5) is 9.70. The standard InChI is InChI=1S/C16H18N2O/c1-16(2,3)19-18-15(13-8-5-4-6-9-13)14-10-7-11-17-12-14/h4-12H,1-3H3. The fourth-order valence-electron chi connectivity index (χ4n) is 1.55. The summed E-state index contributed by atoms with van der Waals surface area (Å²) < 4.78 is 0. The summed E-state index contributed by atoms with van der Waals surface area (Å²) in [5.41, 5.74) is 2.43. The molecule has 2 aromatic rings. The lowest BCUT2D eigenvalue weighted by Gasteiger charge is -2.17. The number of oxime groups is 1. The average Bonchev–Trinajstić information content (AvgIpc) is 2.40. The molecule has 0 unspecified atom stereocenters. The first kappa shape index (κ1) is 13.3. The van der Waals surface area contributed by atoms with E-state index in [0.717, 1.165) is 16.8 Å². The Hall–Kier alpha value is -2.16. The Morgan fingerprint density at radius 3 is 2.26 bits per heavy atom. The maximum Gasteiger partial charge on any atom is 0.129 e. The van der Waals surface area contributed by atoms with Gasteiger partial charge in [0.05, 0.1) is 0 Å². The number of rotatable bonds is 3. The summed E-state index contributed by atoms with van der Waals surface area (Å²) >= 11 is 0. The SMILES string of the molecule is CC(C)(C)ON=C(c1ccccc1)c1cccnc1. The molecule has 0 atom stereocenters. The lowest BCUT2D eigenvalue weighted by molar-refractivity contribution is 0.00117. The zero-order valence-corrected chi connectivity index (χ0v) is 11.5. The first-order valence-corrected chi connectivity index (χ1v) is 6.28. The van der Waals surface area contributed by atoms with Gasteiger partial charge in [0.15, 0.2) is 0 Å². The summed E-state index contributed by atoms with van der Waals surface area (Å²) in [5.74, 6) is 0. The molecule has 3 heteroatoms. The van der Waals surface area contributed by atoms with Crippen LogP contribution in [0.5, 0.6) is 0 Å². The van der Waals surface area contributed by atoms with Gasteiger partial charge in [-0.15, -0.1) is 0 Å². The van der Waals surface area contributed by atoms with Gasteiger partial charge in [-0.25, -0.2) is 0 Å². The van der Waals surface area contributed by atoms with E-state index in [1.807, 2.05) is 63.2 Å². The Morgan fingerprint density at radius 2 is 1.68 bits per heavy atom. The van der Waals surface area contributed by atoms with Crippen molar-refractivity contribution in [2.24, 2.45) is 5.16 Å². The molecule has 19 heavy (non-hydrogen) atoms. The smallest absolute Gasteiger partial charge is 0.129 e. The van der Waals surface area contributed by atoms with Gasteiger partial charge in [-0.05, 0) is 32.9 Å². The van der Waals surface area contributed by atoms with Crippen LogP contribution in [0.2, 0.25) is 0 Å². The number of benzene rings is 1. The molecule has 0 spiro atoms. The van der Waals surface area contributed by atoms with Crippen LogP contribution in [-0.2, 0) is 4.84 Å². The highest BCUT2D eigenvalue weighted by molar-refractivity contribution is 6.12. The molecule has 0 saturated heterocycles. The Kier molecular flexibility index (Phi) is 3.95. The minimum atomic E-state index is -0.317. The van der Waals surface area contributed by atoms with E-state index in [9.17, 15) is 0 Å². The second-order valence-corrected chi connectivity index (χ2v) is 5.25. The Bertz CT molecular complexity index is 500. The summed E-state index contributed by atoms with van der Waals surface area (Å²) in [6.45, 7) is 5.92.